The van der Waals surface area contributed by atoms with Crippen LogP contribution in [0.1, 0.15) is 0 Å². The molecule has 0 amide bonds. The molecule has 0 aromatic heterocycles. The van der Waals surface area contributed by atoms with Crippen LogP contribution in [0.15, 0.2) is 437 Å². The second-order valence-electron chi connectivity index (χ2n) is 24.4. The average Bonchev–Trinajstić information content (AvgIpc) is 0.674. The summed E-state index contributed by atoms with van der Waals surface area (Å²) in [6.45, 7) is -16.0. The Labute approximate surface area is 586 Å². The molecule has 6 nitrogen and oxygen atoms in total. The molecule has 0 spiro atoms. The summed E-state index contributed by atoms with van der Waals surface area (Å²) < 4.78 is 51.5. The van der Waals surface area contributed by atoms with Crippen LogP contribution in [0.4, 0.5) is 0 Å². The number of benzene rings is 15. The molecule has 0 heterocycles. The van der Waals surface area contributed by atoms with Gasteiger partial charge in [-0.1, -0.05) is 0 Å². The molecule has 0 aliphatic carbocycles. The Balaban J connectivity index is 1.22. The van der Waals surface area contributed by atoms with Crippen molar-refractivity contribution in [3.05, 3.63) is 437 Å². The van der Waals surface area contributed by atoms with Gasteiger partial charge in [0.05, 0.1) is 0 Å². The standard InChI is InChI=1S/C90H72BO6P3/c1-13-43-73(44-14-1)92-85-67-37-40-70-88(85)98(76-49-19-4-20-50-76,77-51-21-5-22-52-77,78-53-23-6-24-54-78)95-91(96-99(79-55-25-7-26-56-79,80-57-27-8-28-58-80,81-59-29-9-30-60-81)89-71-41-38-68-86(89)93-74-45-15-2-16-46-74)97-100(82-61-31-10-32-62-82,83-63-33-11-34-64-83,84-65-35-12-36-66-84)90-72-42-39-69-87(90)94-75-47-17-3-18-48-75/h1-72H. The van der Waals surface area contributed by atoms with Crippen LogP contribution in [0.3, 0.4) is 0 Å². The molecule has 15 rings (SSSR count). The molecule has 10 heteroatoms. The number of hydrogen-bond donors (Lipinski definition) is 0. The zero-order valence-corrected chi connectivity index (χ0v) is 57.6. The number of para-hydroxylation sites is 6. The molecule has 0 atom stereocenters. The first-order valence-corrected chi connectivity index (χ1v) is 40.0. The summed E-state index contributed by atoms with van der Waals surface area (Å²) in [5, 5.41) is 9.80. The zero-order valence-electron chi connectivity index (χ0n) is 54.9. The monoisotopic (exact) mass is 1350 g/mol. The van der Waals surface area contributed by atoms with Crippen molar-refractivity contribution < 1.29 is 27.5 Å². The first-order chi connectivity index (χ1) is 49.5. The number of rotatable bonds is 24. The third-order valence-electron chi connectivity index (χ3n) is 19.0. The van der Waals surface area contributed by atoms with Gasteiger partial charge in [0.15, 0.2) is 0 Å². The van der Waals surface area contributed by atoms with E-state index < -0.39 is 27.8 Å². The molecule has 0 saturated heterocycles. The summed E-state index contributed by atoms with van der Waals surface area (Å²) >= 11 is 0. The topological polar surface area (TPSA) is 55.4 Å². The van der Waals surface area contributed by atoms with Crippen molar-refractivity contribution in [1.29, 1.82) is 0 Å². The normalized spacial score (nSPS) is 12.8. The first-order valence-electron chi connectivity index (χ1n) is 33.6. The van der Waals surface area contributed by atoms with Gasteiger partial charge < -0.3 is 0 Å². The quantitative estimate of drug-likeness (QED) is 0.0444. The predicted octanol–water partition coefficient (Wildman–Crippen LogP) is 17.7. The summed E-state index contributed by atoms with van der Waals surface area (Å²) in [4.78, 5) is 0. The fourth-order valence-corrected chi connectivity index (χ4v) is 32.4. The van der Waals surface area contributed by atoms with Crippen LogP contribution in [0.2, 0.25) is 0 Å². The Morgan fingerprint density at radius 2 is 0.290 bits per heavy atom. The molecule has 0 N–H and O–H groups in total. The second-order valence-corrected chi connectivity index (χ2v) is 37.3. The van der Waals surface area contributed by atoms with E-state index in [9.17, 15) is 13.3 Å². The van der Waals surface area contributed by atoms with Gasteiger partial charge in [-0.15, -0.1) is 0 Å². The Bertz CT molecular complexity index is 4340. The molecular formula is C90H72BO6P3. The molecule has 0 saturated carbocycles. The van der Waals surface area contributed by atoms with Crippen molar-refractivity contribution in [2.24, 2.45) is 0 Å². The van der Waals surface area contributed by atoms with E-state index >= 15 is 0 Å². The Kier molecular flexibility index (Phi) is 18.2. The van der Waals surface area contributed by atoms with Crippen LogP contribution in [-0.4, -0.2) is 7.32 Å². The van der Waals surface area contributed by atoms with Crippen molar-refractivity contribution in [3.63, 3.8) is 0 Å². The summed E-state index contributed by atoms with van der Waals surface area (Å²) in [6, 6.07) is 151. The van der Waals surface area contributed by atoms with Crippen molar-refractivity contribution >= 4 is 91.5 Å². The minimum absolute atomic E-state index is 0.559. The molecule has 0 unspecified atom stereocenters. The molecule has 15 aromatic rings. The maximum atomic E-state index is 9.69. The zero-order chi connectivity index (χ0) is 67.5. The SMILES string of the molecule is c1ccc(Oc2ccccc2P(OB(OP(c2ccccc2)(c2ccccc2)(c2ccccc2)c2ccccc2Oc2ccccc2)OP(c2ccccc2)(c2ccccc2)(c2ccccc2)c2ccccc2Oc2ccccc2)(c2ccccc2)(c2ccccc2)c2ccccc2)cc1. The second kappa shape index (κ2) is 28.0. The molecule has 0 fully saturated rings. The van der Waals surface area contributed by atoms with E-state index in [0.717, 1.165) is 63.7 Å². The van der Waals surface area contributed by atoms with E-state index in [4.69, 9.17) is 14.2 Å². The third-order valence-corrected chi connectivity index (χ3v) is 36.2. The van der Waals surface area contributed by atoms with Gasteiger partial charge in [0.2, 0.25) is 0 Å². The van der Waals surface area contributed by atoms with Gasteiger partial charge >= 0.3 is 590 Å². The number of hydrogen-bond acceptors (Lipinski definition) is 6. The van der Waals surface area contributed by atoms with Crippen LogP contribution in [-0.2, 0) is 13.3 Å². The van der Waals surface area contributed by atoms with Crippen molar-refractivity contribution in [2.45, 2.75) is 0 Å². The summed E-state index contributed by atoms with van der Waals surface area (Å²) in [5.41, 5.74) is 0. The summed E-state index contributed by atoms with van der Waals surface area (Å²) in [6.07, 6.45) is 0. The van der Waals surface area contributed by atoms with Gasteiger partial charge in [-0.25, -0.2) is 0 Å². The van der Waals surface area contributed by atoms with E-state index in [1.165, 1.54) is 0 Å². The summed E-state index contributed by atoms with van der Waals surface area (Å²) in [7, 11) is -1.85. The van der Waals surface area contributed by atoms with Gasteiger partial charge in [-0.2, -0.15) is 0 Å². The fourth-order valence-electron chi connectivity index (χ4n) is 14.8. The molecular weight excluding hydrogens is 1280 g/mol. The van der Waals surface area contributed by atoms with Crippen LogP contribution in [0.25, 0.3) is 0 Å². The number of ether oxygens (including phenoxy) is 3. The van der Waals surface area contributed by atoms with Crippen LogP contribution in [0.5, 0.6) is 34.5 Å². The minimum atomic E-state index is -5.32. The van der Waals surface area contributed by atoms with E-state index in [2.05, 4.69) is 328 Å². The van der Waals surface area contributed by atoms with Gasteiger partial charge in [0, 0.05) is 0 Å². The predicted molar refractivity (Wildman–Crippen MR) is 422 cm³/mol. The van der Waals surface area contributed by atoms with Gasteiger partial charge in [0.25, 0.3) is 0 Å². The van der Waals surface area contributed by atoms with Crippen molar-refractivity contribution in [1.82, 2.24) is 0 Å². The molecule has 0 radical (unpaired) electrons. The van der Waals surface area contributed by atoms with Gasteiger partial charge in [-0.05, 0) is 0 Å². The van der Waals surface area contributed by atoms with Gasteiger partial charge in [0.1, 0.15) is 0 Å². The summed E-state index contributed by atoms with van der Waals surface area (Å²) in [5.74, 6) is 3.59. The maximum absolute atomic E-state index is 9.69. The Morgan fingerprint density at radius 1 is 0.150 bits per heavy atom. The van der Waals surface area contributed by atoms with Crippen LogP contribution >= 0.6 is 20.5 Å². The molecule has 0 aliphatic heterocycles. The van der Waals surface area contributed by atoms with E-state index in [1.54, 1.807) is 0 Å². The first kappa shape index (κ1) is 64.9. The average molecular weight is 1350 g/mol. The van der Waals surface area contributed by atoms with Crippen LogP contribution in [0, 0.1) is 0 Å². The molecule has 100 heavy (non-hydrogen) atoms. The van der Waals surface area contributed by atoms with Crippen molar-refractivity contribution in [3.8, 4) is 34.5 Å². The van der Waals surface area contributed by atoms with Crippen LogP contribution < -0.4 is 77.9 Å². The molecule has 0 bridgehead atoms. The fraction of sp³-hybridized carbons (Fsp3) is 0. The van der Waals surface area contributed by atoms with Crippen molar-refractivity contribution in [2.75, 3.05) is 0 Å². The van der Waals surface area contributed by atoms with E-state index in [-0.39, 0.29) is 0 Å². The van der Waals surface area contributed by atoms with E-state index in [1.807, 2.05) is 109 Å². The Morgan fingerprint density at radius 3 is 0.460 bits per heavy atom. The molecule has 15 aromatic carbocycles. The third kappa shape index (κ3) is 10.8. The van der Waals surface area contributed by atoms with E-state index in [0.29, 0.717) is 34.5 Å². The Hall–Kier alpha value is -11.1. The molecule has 486 valence electrons. The van der Waals surface area contributed by atoms with Gasteiger partial charge in [-0.3, -0.25) is 0 Å². The molecule has 0 aliphatic rings.